The fourth-order valence-corrected chi connectivity index (χ4v) is 4.27. The van der Waals surface area contributed by atoms with Gasteiger partial charge in [-0.15, -0.1) is 0 Å². The Morgan fingerprint density at radius 2 is 2.10 bits per heavy atom. The topological polar surface area (TPSA) is 85.8 Å². The van der Waals surface area contributed by atoms with Crippen molar-refractivity contribution in [3.8, 4) is 0 Å². The average molecular weight is 478 g/mol. The maximum Gasteiger partial charge on any atom is 0.241 e. The van der Waals surface area contributed by atoms with Gasteiger partial charge in [0.2, 0.25) is 11.8 Å². The third kappa shape index (κ3) is 4.35. The number of nitrogens with zero attached hydrogens (tertiary/aromatic N) is 2. The number of para-hydroxylation sites is 1. The van der Waals surface area contributed by atoms with E-state index in [9.17, 15) is 14.0 Å². The van der Waals surface area contributed by atoms with Crippen LogP contribution in [0.3, 0.4) is 0 Å². The molecule has 0 bridgehead atoms. The molecule has 2 atom stereocenters. The van der Waals surface area contributed by atoms with Crippen LogP contribution in [0.2, 0.25) is 0 Å². The molecule has 150 valence electrons. The summed E-state index contributed by atoms with van der Waals surface area (Å²) in [7, 11) is 0. The van der Waals surface area contributed by atoms with E-state index in [1.165, 1.54) is 17.0 Å². The van der Waals surface area contributed by atoms with E-state index in [2.05, 4.69) is 37.1 Å². The summed E-state index contributed by atoms with van der Waals surface area (Å²) in [6.45, 7) is 0.484. The van der Waals surface area contributed by atoms with Crippen molar-refractivity contribution < 1.29 is 14.0 Å². The van der Waals surface area contributed by atoms with E-state index in [1.54, 1.807) is 6.07 Å². The number of amidine groups is 1. The van der Waals surface area contributed by atoms with Gasteiger partial charge in [0.1, 0.15) is 12.0 Å². The van der Waals surface area contributed by atoms with E-state index in [0.717, 1.165) is 11.8 Å². The normalized spacial score (nSPS) is 21.0. The summed E-state index contributed by atoms with van der Waals surface area (Å²) in [4.78, 5) is 31.5. The van der Waals surface area contributed by atoms with Gasteiger partial charge in [-0.25, -0.2) is 14.8 Å². The minimum Gasteiger partial charge on any atom is -0.323 e. The fourth-order valence-electron chi connectivity index (χ4n) is 3.09. The Balaban J connectivity index is 1.50. The second-order valence-electron chi connectivity index (χ2n) is 6.46. The van der Waals surface area contributed by atoms with Gasteiger partial charge in [0.05, 0.1) is 23.0 Å². The summed E-state index contributed by atoms with van der Waals surface area (Å²) < 4.78 is 14.5. The Labute approximate surface area is 179 Å². The van der Waals surface area contributed by atoms with Crippen molar-refractivity contribution in [3.05, 3.63) is 58.8 Å². The number of thioether (sulfide) groups is 1. The van der Waals surface area contributed by atoms with Gasteiger partial charge in [0.15, 0.2) is 5.17 Å². The molecule has 0 spiro atoms. The molecule has 0 aliphatic carbocycles. The number of carbonyl (C=O) groups is 2. The van der Waals surface area contributed by atoms with Crippen molar-refractivity contribution in [3.63, 3.8) is 0 Å². The number of nitrogens with one attached hydrogen (secondary N) is 3. The molecule has 2 amide bonds. The van der Waals surface area contributed by atoms with Gasteiger partial charge in [-0.1, -0.05) is 45.9 Å². The zero-order valence-corrected chi connectivity index (χ0v) is 17.5. The third-order valence-corrected chi connectivity index (χ3v) is 5.93. The van der Waals surface area contributed by atoms with Crippen LogP contribution in [0.25, 0.3) is 0 Å². The molecule has 3 N–H and O–H groups in total. The number of halogens is 2. The van der Waals surface area contributed by atoms with Crippen LogP contribution in [-0.2, 0) is 9.59 Å². The molecule has 1 saturated heterocycles. The summed E-state index contributed by atoms with van der Waals surface area (Å²) in [5, 5.41) is 2.97. The minimum absolute atomic E-state index is 0.0181. The smallest absolute Gasteiger partial charge is 0.241 e. The fraction of sp³-hybridized carbons (Fsp3) is 0.211. The average Bonchev–Trinajstić information content (AvgIpc) is 3.18. The molecule has 10 heteroatoms. The first kappa shape index (κ1) is 20.0. The molecule has 2 aliphatic heterocycles. The number of fused-ring (bicyclic) bond motifs is 1. The van der Waals surface area contributed by atoms with Crippen LogP contribution in [0.15, 0.2) is 58.0 Å². The maximum atomic E-state index is 13.9. The summed E-state index contributed by atoms with van der Waals surface area (Å²) in [6, 6.07) is 13.6. The van der Waals surface area contributed by atoms with Crippen molar-refractivity contribution in [1.82, 2.24) is 10.9 Å². The summed E-state index contributed by atoms with van der Waals surface area (Å²) in [5.74, 6) is -1.34. The molecular weight excluding hydrogens is 461 g/mol. The molecule has 1 fully saturated rings. The van der Waals surface area contributed by atoms with Crippen LogP contribution >= 0.6 is 27.7 Å². The third-order valence-electron chi connectivity index (χ3n) is 4.48. The lowest BCUT2D eigenvalue weighted by Crippen LogP contribution is -2.49. The lowest BCUT2D eigenvalue weighted by atomic mass is 10.1. The standard InChI is InChI=1S/C19H17BrFN5O2S/c20-11-6-7-15(14(21)8-11)23-16(27)10-29-19-24-17-13(9-22-25-17)18(28)26(19)12-4-2-1-3-5-12/h1-8,13,17,22,25H,9-10H2,(H,23,27). The number of benzene rings is 2. The van der Waals surface area contributed by atoms with Crippen LogP contribution < -0.4 is 21.1 Å². The van der Waals surface area contributed by atoms with E-state index in [4.69, 9.17) is 0 Å². The lowest BCUT2D eigenvalue weighted by molar-refractivity contribution is -0.121. The zero-order chi connectivity index (χ0) is 20.4. The number of amides is 2. The van der Waals surface area contributed by atoms with E-state index in [0.29, 0.717) is 21.9 Å². The predicted octanol–water partition coefficient (Wildman–Crippen LogP) is 2.71. The summed E-state index contributed by atoms with van der Waals surface area (Å²) in [6.07, 6.45) is -0.378. The second-order valence-corrected chi connectivity index (χ2v) is 8.32. The van der Waals surface area contributed by atoms with Gasteiger partial charge >= 0.3 is 0 Å². The van der Waals surface area contributed by atoms with E-state index < -0.39 is 5.82 Å². The number of hydrogen-bond donors (Lipinski definition) is 3. The molecule has 0 aromatic heterocycles. The molecule has 4 rings (SSSR count). The van der Waals surface area contributed by atoms with Crippen LogP contribution in [0.4, 0.5) is 15.8 Å². The number of carbonyl (C=O) groups excluding carboxylic acids is 2. The van der Waals surface area contributed by atoms with Crippen molar-refractivity contribution in [1.29, 1.82) is 0 Å². The number of aliphatic imine (C=N–C) groups is 1. The molecular formula is C19H17BrFN5O2S. The maximum absolute atomic E-state index is 13.9. The van der Waals surface area contributed by atoms with Crippen LogP contribution in [0.5, 0.6) is 0 Å². The predicted molar refractivity (Wildman–Crippen MR) is 115 cm³/mol. The monoisotopic (exact) mass is 477 g/mol. The molecule has 7 nitrogen and oxygen atoms in total. The Morgan fingerprint density at radius 3 is 2.86 bits per heavy atom. The SMILES string of the molecule is O=C(CSC1=NC2NNCC2C(=O)N1c1ccccc1)Nc1ccc(Br)cc1F. The quantitative estimate of drug-likeness (QED) is 0.630. The molecule has 0 radical (unpaired) electrons. The molecule has 2 unspecified atom stereocenters. The van der Waals surface area contributed by atoms with Crippen LogP contribution in [-0.4, -0.2) is 35.4 Å². The van der Waals surface area contributed by atoms with Crippen molar-refractivity contribution >= 4 is 56.0 Å². The first-order valence-electron chi connectivity index (χ1n) is 8.86. The first-order chi connectivity index (χ1) is 14.0. The van der Waals surface area contributed by atoms with Gasteiger partial charge in [0.25, 0.3) is 0 Å². The zero-order valence-electron chi connectivity index (χ0n) is 15.1. The Bertz CT molecular complexity index is 974. The number of hydrazine groups is 1. The van der Waals surface area contributed by atoms with Gasteiger partial charge in [-0.05, 0) is 30.3 Å². The first-order valence-corrected chi connectivity index (χ1v) is 10.6. The molecule has 2 aromatic carbocycles. The van der Waals surface area contributed by atoms with E-state index >= 15 is 0 Å². The van der Waals surface area contributed by atoms with Crippen molar-refractivity contribution in [2.24, 2.45) is 10.9 Å². The van der Waals surface area contributed by atoms with Gasteiger partial charge in [-0.3, -0.25) is 19.9 Å². The molecule has 29 heavy (non-hydrogen) atoms. The molecule has 2 aromatic rings. The van der Waals surface area contributed by atoms with Gasteiger partial charge < -0.3 is 5.32 Å². The van der Waals surface area contributed by atoms with Crippen molar-refractivity contribution in [2.45, 2.75) is 6.17 Å². The second kappa shape index (κ2) is 8.62. The summed E-state index contributed by atoms with van der Waals surface area (Å²) >= 11 is 4.31. The molecule has 2 heterocycles. The number of rotatable bonds is 4. The van der Waals surface area contributed by atoms with Gasteiger partial charge in [-0.2, -0.15) is 0 Å². The van der Waals surface area contributed by atoms with E-state index in [-0.39, 0.29) is 35.3 Å². The van der Waals surface area contributed by atoms with Crippen LogP contribution in [0, 0.1) is 11.7 Å². The highest BCUT2D eigenvalue weighted by molar-refractivity contribution is 9.10. The minimum atomic E-state index is -0.530. The Kier molecular flexibility index (Phi) is 5.95. The number of anilines is 2. The molecule has 2 aliphatic rings. The Morgan fingerprint density at radius 1 is 1.31 bits per heavy atom. The lowest BCUT2D eigenvalue weighted by Gasteiger charge is -2.32. The van der Waals surface area contributed by atoms with Gasteiger partial charge in [0, 0.05) is 11.0 Å². The molecule has 0 saturated carbocycles. The van der Waals surface area contributed by atoms with Crippen molar-refractivity contribution in [2.75, 3.05) is 22.5 Å². The highest BCUT2D eigenvalue weighted by Gasteiger charge is 2.42. The highest BCUT2D eigenvalue weighted by Crippen LogP contribution is 2.29. The van der Waals surface area contributed by atoms with Crippen LogP contribution in [0.1, 0.15) is 0 Å². The summed E-state index contributed by atoms with van der Waals surface area (Å²) in [5.41, 5.74) is 6.72. The number of hydrogen-bond acceptors (Lipinski definition) is 6. The van der Waals surface area contributed by atoms with E-state index in [1.807, 2.05) is 30.3 Å². The highest BCUT2D eigenvalue weighted by atomic mass is 79.9. The Hall–Kier alpha value is -2.27. The largest absolute Gasteiger partial charge is 0.323 e.